The Morgan fingerprint density at radius 2 is 2.14 bits per heavy atom. The zero-order valence-corrected chi connectivity index (χ0v) is 13.5. The third-order valence-corrected chi connectivity index (χ3v) is 5.99. The zero-order valence-electron chi connectivity index (χ0n) is 12.6. The number of rotatable bonds is 4. The molecule has 0 aromatic heterocycles. The lowest BCUT2D eigenvalue weighted by Crippen LogP contribution is -2.39. The number of nitrogens with two attached hydrogens (primary N) is 1. The Morgan fingerprint density at radius 1 is 1.48 bits per heavy atom. The topological polar surface area (TPSA) is 66.6 Å². The van der Waals surface area contributed by atoms with Gasteiger partial charge in [0, 0.05) is 25.3 Å². The smallest absolute Gasteiger partial charge is 0.245 e. The Labute approximate surface area is 125 Å². The highest BCUT2D eigenvalue weighted by molar-refractivity contribution is 7.89. The van der Waals surface area contributed by atoms with Gasteiger partial charge in [0.1, 0.15) is 10.7 Å². The SMILES string of the molecule is Cc1cc(F)c(S(=O)(=O)N(C)CC2CCCN2C)cc1N. The van der Waals surface area contributed by atoms with Gasteiger partial charge < -0.3 is 10.6 Å². The lowest BCUT2D eigenvalue weighted by atomic mass is 10.2. The number of likely N-dealkylation sites (N-methyl/N-ethyl adjacent to an activating group) is 2. The van der Waals surface area contributed by atoms with Gasteiger partial charge in [0.2, 0.25) is 10.0 Å². The average molecular weight is 315 g/mol. The second-order valence-electron chi connectivity index (χ2n) is 5.70. The minimum absolute atomic E-state index is 0.177. The summed E-state index contributed by atoms with van der Waals surface area (Å²) in [6.07, 6.45) is 2.01. The molecule has 0 saturated carbocycles. The van der Waals surface area contributed by atoms with Gasteiger partial charge in [0.15, 0.2) is 0 Å². The summed E-state index contributed by atoms with van der Waals surface area (Å²) >= 11 is 0. The van der Waals surface area contributed by atoms with Crippen molar-refractivity contribution in [1.82, 2.24) is 9.21 Å². The van der Waals surface area contributed by atoms with Gasteiger partial charge in [-0.2, -0.15) is 4.31 Å². The molecule has 0 bridgehead atoms. The molecule has 1 fully saturated rings. The van der Waals surface area contributed by atoms with Gasteiger partial charge in [-0.1, -0.05) is 0 Å². The number of sulfonamides is 1. The summed E-state index contributed by atoms with van der Waals surface area (Å²) in [5, 5.41) is 0. The molecule has 1 atom stereocenters. The number of anilines is 1. The molecule has 2 rings (SSSR count). The van der Waals surface area contributed by atoms with Crippen molar-refractivity contribution in [3.8, 4) is 0 Å². The van der Waals surface area contributed by atoms with Crippen LogP contribution in [-0.4, -0.2) is 50.8 Å². The van der Waals surface area contributed by atoms with E-state index in [-0.39, 0.29) is 16.6 Å². The van der Waals surface area contributed by atoms with Crippen LogP contribution in [0.15, 0.2) is 17.0 Å². The third-order valence-electron chi connectivity index (χ3n) is 4.15. The largest absolute Gasteiger partial charge is 0.398 e. The second-order valence-corrected chi connectivity index (χ2v) is 7.71. The summed E-state index contributed by atoms with van der Waals surface area (Å²) in [7, 11) is -0.410. The van der Waals surface area contributed by atoms with Crippen LogP contribution < -0.4 is 5.73 Å². The third kappa shape index (κ3) is 3.20. The van der Waals surface area contributed by atoms with Crippen molar-refractivity contribution in [2.75, 3.05) is 32.9 Å². The second kappa shape index (κ2) is 5.90. The lowest BCUT2D eigenvalue weighted by molar-refractivity contribution is 0.270. The number of nitrogens with zero attached hydrogens (tertiary/aromatic N) is 2. The maximum absolute atomic E-state index is 14.0. The first-order valence-corrected chi connectivity index (χ1v) is 8.39. The standard InChI is InChI=1S/C14H22FN3O2S/c1-10-7-12(15)14(8-13(10)16)21(19,20)18(3)9-11-5-4-6-17(11)2/h7-8,11H,4-6,9,16H2,1-3H3. The van der Waals surface area contributed by atoms with Gasteiger partial charge in [-0.05, 0) is 51.1 Å². The van der Waals surface area contributed by atoms with Crippen LogP contribution in [0.1, 0.15) is 18.4 Å². The molecule has 5 nitrogen and oxygen atoms in total. The highest BCUT2D eigenvalue weighted by atomic mass is 32.2. The summed E-state index contributed by atoms with van der Waals surface area (Å²) in [6.45, 7) is 2.96. The van der Waals surface area contributed by atoms with Crippen LogP contribution in [0, 0.1) is 12.7 Å². The molecule has 0 amide bonds. The molecule has 21 heavy (non-hydrogen) atoms. The predicted molar refractivity (Wildman–Crippen MR) is 81.0 cm³/mol. The quantitative estimate of drug-likeness (QED) is 0.854. The molecular weight excluding hydrogens is 293 g/mol. The van der Waals surface area contributed by atoms with Gasteiger partial charge in [0.05, 0.1) is 0 Å². The van der Waals surface area contributed by atoms with Crippen molar-refractivity contribution in [3.05, 3.63) is 23.5 Å². The van der Waals surface area contributed by atoms with E-state index in [1.54, 1.807) is 6.92 Å². The number of hydrogen-bond acceptors (Lipinski definition) is 4. The minimum Gasteiger partial charge on any atom is -0.398 e. The lowest BCUT2D eigenvalue weighted by Gasteiger charge is -2.25. The first kappa shape index (κ1) is 16.2. The molecule has 1 unspecified atom stereocenters. The van der Waals surface area contributed by atoms with Crippen LogP contribution in [0.4, 0.5) is 10.1 Å². The summed E-state index contributed by atoms with van der Waals surface area (Å²) in [4.78, 5) is 1.78. The number of benzene rings is 1. The fraction of sp³-hybridized carbons (Fsp3) is 0.571. The summed E-state index contributed by atoms with van der Waals surface area (Å²) in [5.74, 6) is -0.756. The molecule has 2 N–H and O–H groups in total. The first-order valence-electron chi connectivity index (χ1n) is 6.95. The Kier molecular flexibility index (Phi) is 4.55. The highest BCUT2D eigenvalue weighted by Crippen LogP contribution is 2.25. The summed E-state index contributed by atoms with van der Waals surface area (Å²) < 4.78 is 40.3. The number of hydrogen-bond donors (Lipinski definition) is 1. The molecule has 1 aromatic carbocycles. The predicted octanol–water partition coefficient (Wildman–Crippen LogP) is 1.43. The first-order chi connectivity index (χ1) is 9.73. The van der Waals surface area contributed by atoms with Crippen molar-refractivity contribution in [1.29, 1.82) is 0 Å². The van der Waals surface area contributed by atoms with Crippen molar-refractivity contribution < 1.29 is 12.8 Å². The molecule has 1 saturated heterocycles. The van der Waals surface area contributed by atoms with Crippen molar-refractivity contribution in [2.45, 2.75) is 30.7 Å². The van der Waals surface area contributed by atoms with E-state index in [9.17, 15) is 12.8 Å². The monoisotopic (exact) mass is 315 g/mol. The maximum atomic E-state index is 14.0. The van der Waals surface area contributed by atoms with E-state index in [1.807, 2.05) is 7.05 Å². The minimum atomic E-state index is -3.87. The number of nitrogen functional groups attached to an aromatic ring is 1. The van der Waals surface area contributed by atoms with Crippen LogP contribution in [0.3, 0.4) is 0 Å². The maximum Gasteiger partial charge on any atom is 0.245 e. The normalized spacial score (nSPS) is 20.3. The van der Waals surface area contributed by atoms with Crippen LogP contribution in [0.5, 0.6) is 0 Å². The number of likely N-dealkylation sites (tertiary alicyclic amines) is 1. The summed E-state index contributed by atoms with van der Waals surface area (Å²) in [5.41, 5.74) is 6.53. The van der Waals surface area contributed by atoms with Gasteiger partial charge in [0.25, 0.3) is 0 Å². The molecule has 118 valence electrons. The Bertz CT molecular complexity index is 633. The average Bonchev–Trinajstić information content (AvgIpc) is 2.79. The molecular formula is C14H22FN3O2S. The van der Waals surface area contributed by atoms with Crippen molar-refractivity contribution in [3.63, 3.8) is 0 Å². The van der Waals surface area contributed by atoms with Crippen LogP contribution in [0.2, 0.25) is 0 Å². The van der Waals surface area contributed by atoms with E-state index in [4.69, 9.17) is 5.73 Å². The van der Waals surface area contributed by atoms with Gasteiger partial charge in [-0.15, -0.1) is 0 Å². The highest BCUT2D eigenvalue weighted by Gasteiger charge is 2.30. The Morgan fingerprint density at radius 3 is 2.71 bits per heavy atom. The van der Waals surface area contributed by atoms with E-state index in [1.165, 1.54) is 17.4 Å². The molecule has 0 aliphatic carbocycles. The number of halogens is 1. The molecule has 1 aromatic rings. The molecule has 0 radical (unpaired) electrons. The van der Waals surface area contributed by atoms with Gasteiger partial charge in [-0.3, -0.25) is 0 Å². The molecule has 1 aliphatic rings. The van der Waals surface area contributed by atoms with Crippen LogP contribution >= 0.6 is 0 Å². The van der Waals surface area contributed by atoms with E-state index >= 15 is 0 Å². The van der Waals surface area contributed by atoms with Gasteiger partial charge in [-0.25, -0.2) is 12.8 Å². The van der Waals surface area contributed by atoms with E-state index in [2.05, 4.69) is 4.90 Å². The van der Waals surface area contributed by atoms with Gasteiger partial charge >= 0.3 is 0 Å². The van der Waals surface area contributed by atoms with Crippen LogP contribution in [-0.2, 0) is 10.0 Å². The molecule has 1 aliphatic heterocycles. The number of aryl methyl sites for hydroxylation is 1. The molecule has 7 heteroatoms. The van der Waals surface area contributed by atoms with Crippen molar-refractivity contribution >= 4 is 15.7 Å². The van der Waals surface area contributed by atoms with Crippen LogP contribution in [0.25, 0.3) is 0 Å². The molecule has 1 heterocycles. The molecule has 0 spiro atoms. The van der Waals surface area contributed by atoms with E-state index < -0.39 is 15.8 Å². The Balaban J connectivity index is 2.27. The fourth-order valence-corrected chi connectivity index (χ4v) is 3.92. The van der Waals surface area contributed by atoms with E-state index in [0.29, 0.717) is 12.1 Å². The summed E-state index contributed by atoms with van der Waals surface area (Å²) in [6, 6.07) is 2.54. The Hall–Kier alpha value is -1.18. The zero-order chi connectivity index (χ0) is 15.8. The fourth-order valence-electron chi connectivity index (χ4n) is 2.64. The van der Waals surface area contributed by atoms with E-state index in [0.717, 1.165) is 25.5 Å². The van der Waals surface area contributed by atoms with Crippen molar-refractivity contribution in [2.24, 2.45) is 0 Å².